The highest BCUT2D eigenvalue weighted by Gasteiger charge is 2.31. The van der Waals surface area contributed by atoms with Crippen molar-refractivity contribution in [2.24, 2.45) is 0 Å². The minimum absolute atomic E-state index is 0.196. The van der Waals surface area contributed by atoms with Gasteiger partial charge in [-0.15, -0.1) is 0 Å². The van der Waals surface area contributed by atoms with E-state index in [1.165, 1.54) is 5.70 Å². The molecule has 4 nitrogen and oxygen atoms in total. The lowest BCUT2D eigenvalue weighted by Gasteiger charge is -2.35. The molecule has 0 bridgehead atoms. The zero-order chi connectivity index (χ0) is 10.6. The Morgan fingerprint density at radius 2 is 2.00 bits per heavy atom. The minimum Gasteiger partial charge on any atom is -0.392 e. The van der Waals surface area contributed by atoms with Crippen LogP contribution in [0.5, 0.6) is 0 Å². The minimum atomic E-state index is 0.196. The monoisotopic (exact) mass is 199 g/mol. The molecule has 0 spiro atoms. The summed E-state index contributed by atoms with van der Waals surface area (Å²) in [7, 11) is 7.65. The predicted octanol–water partition coefficient (Wildman–Crippen LogP) is -0.316. The molecule has 1 aliphatic rings. The van der Waals surface area contributed by atoms with E-state index in [2.05, 4.69) is 22.0 Å². The van der Waals surface area contributed by atoms with Gasteiger partial charge >= 0.3 is 0 Å². The molecule has 1 rings (SSSR count). The van der Waals surface area contributed by atoms with E-state index in [1.54, 1.807) is 7.11 Å². The largest absolute Gasteiger partial charge is 0.392 e. The van der Waals surface area contributed by atoms with Gasteiger partial charge in [0, 0.05) is 32.3 Å². The fourth-order valence-electron chi connectivity index (χ4n) is 1.99. The van der Waals surface area contributed by atoms with Crippen LogP contribution in [0.1, 0.15) is 6.42 Å². The van der Waals surface area contributed by atoms with Crippen LogP contribution in [0.15, 0.2) is 11.8 Å². The van der Waals surface area contributed by atoms with Crippen LogP contribution in [-0.4, -0.2) is 46.4 Å². The van der Waals surface area contributed by atoms with Gasteiger partial charge in [0.25, 0.3) is 0 Å². The van der Waals surface area contributed by atoms with E-state index < -0.39 is 0 Å². The molecular formula is C10H21N3O. The van der Waals surface area contributed by atoms with Crippen LogP contribution in [-0.2, 0) is 4.74 Å². The number of nitrogens with one attached hydrogen (secondary N) is 3. The van der Waals surface area contributed by atoms with Crippen molar-refractivity contribution < 1.29 is 4.74 Å². The average molecular weight is 199 g/mol. The first-order valence-electron chi connectivity index (χ1n) is 5.02. The highest BCUT2D eigenvalue weighted by atomic mass is 16.5. The van der Waals surface area contributed by atoms with Crippen molar-refractivity contribution in [2.45, 2.75) is 24.6 Å². The molecule has 0 saturated carbocycles. The summed E-state index contributed by atoms with van der Waals surface area (Å²) in [6.45, 7) is 0. The second-order valence-corrected chi connectivity index (χ2v) is 3.56. The molecule has 0 heterocycles. The molecule has 82 valence electrons. The first kappa shape index (κ1) is 11.5. The smallest absolute Gasteiger partial charge is 0.0916 e. The molecule has 14 heavy (non-hydrogen) atoms. The van der Waals surface area contributed by atoms with E-state index in [-0.39, 0.29) is 12.1 Å². The van der Waals surface area contributed by atoms with Crippen molar-refractivity contribution in [1.82, 2.24) is 16.0 Å². The van der Waals surface area contributed by atoms with Crippen molar-refractivity contribution in [3.8, 4) is 0 Å². The van der Waals surface area contributed by atoms with E-state index in [4.69, 9.17) is 4.74 Å². The molecule has 4 heteroatoms. The molecule has 3 N–H and O–H groups in total. The van der Waals surface area contributed by atoms with Crippen LogP contribution in [0.4, 0.5) is 0 Å². The number of methoxy groups -OCH3 is 1. The number of rotatable bonds is 4. The lowest BCUT2D eigenvalue weighted by Crippen LogP contribution is -2.53. The summed E-state index contributed by atoms with van der Waals surface area (Å²) in [6, 6.07) is 0.638. The molecule has 3 atom stereocenters. The van der Waals surface area contributed by atoms with Gasteiger partial charge in [0.05, 0.1) is 12.1 Å². The molecule has 0 aromatic carbocycles. The average Bonchev–Trinajstić information content (AvgIpc) is 2.26. The lowest BCUT2D eigenvalue weighted by atomic mass is 9.92. The Hall–Kier alpha value is -0.580. The van der Waals surface area contributed by atoms with Crippen LogP contribution >= 0.6 is 0 Å². The van der Waals surface area contributed by atoms with Crippen molar-refractivity contribution in [1.29, 1.82) is 0 Å². The summed E-state index contributed by atoms with van der Waals surface area (Å²) < 4.78 is 5.49. The number of hydrogen-bond acceptors (Lipinski definition) is 4. The molecule has 0 aromatic rings. The van der Waals surface area contributed by atoms with E-state index in [9.17, 15) is 0 Å². The van der Waals surface area contributed by atoms with Gasteiger partial charge < -0.3 is 20.7 Å². The Labute approximate surface area is 86.1 Å². The normalized spacial score (nSPS) is 32.6. The Morgan fingerprint density at radius 1 is 1.29 bits per heavy atom. The molecule has 0 radical (unpaired) electrons. The topological polar surface area (TPSA) is 45.3 Å². The molecule has 0 aromatic heterocycles. The summed E-state index contributed by atoms with van der Waals surface area (Å²) in [6.07, 6.45) is 3.38. The van der Waals surface area contributed by atoms with Crippen molar-refractivity contribution in [2.75, 3.05) is 28.3 Å². The number of likely N-dealkylation sites (N-methyl/N-ethyl adjacent to an activating group) is 2. The van der Waals surface area contributed by atoms with E-state index in [1.807, 2.05) is 21.1 Å². The second-order valence-electron chi connectivity index (χ2n) is 3.56. The van der Waals surface area contributed by atoms with Crippen LogP contribution < -0.4 is 16.0 Å². The van der Waals surface area contributed by atoms with Gasteiger partial charge in [-0.25, -0.2) is 0 Å². The van der Waals surface area contributed by atoms with Crippen LogP contribution in [0.3, 0.4) is 0 Å². The third kappa shape index (κ3) is 2.26. The van der Waals surface area contributed by atoms with Gasteiger partial charge in [0.1, 0.15) is 0 Å². The zero-order valence-electron chi connectivity index (χ0n) is 9.42. The molecule has 1 aliphatic carbocycles. The zero-order valence-corrected chi connectivity index (χ0v) is 9.42. The summed E-state index contributed by atoms with van der Waals surface area (Å²) >= 11 is 0. The van der Waals surface area contributed by atoms with Gasteiger partial charge in [-0.2, -0.15) is 0 Å². The van der Waals surface area contributed by atoms with Crippen molar-refractivity contribution in [3.05, 3.63) is 11.8 Å². The van der Waals surface area contributed by atoms with Gasteiger partial charge in [-0.3, -0.25) is 0 Å². The highest BCUT2D eigenvalue weighted by molar-refractivity contribution is 5.16. The molecule has 0 aliphatic heterocycles. The fourth-order valence-corrected chi connectivity index (χ4v) is 1.99. The van der Waals surface area contributed by atoms with E-state index >= 15 is 0 Å². The molecular weight excluding hydrogens is 178 g/mol. The standard InChI is InChI=1S/C10H21N3O/c1-11-7-5-8(12-2)10(14-4)9(6-7)13-3/h5,8-13H,6H2,1-4H3. The summed E-state index contributed by atoms with van der Waals surface area (Å²) in [4.78, 5) is 0. The summed E-state index contributed by atoms with van der Waals surface area (Å²) in [5.74, 6) is 0. The lowest BCUT2D eigenvalue weighted by molar-refractivity contribution is 0.0478. The van der Waals surface area contributed by atoms with Crippen LogP contribution in [0.25, 0.3) is 0 Å². The highest BCUT2D eigenvalue weighted by Crippen LogP contribution is 2.19. The van der Waals surface area contributed by atoms with Crippen molar-refractivity contribution >= 4 is 0 Å². The maximum atomic E-state index is 5.49. The Kier molecular flexibility index (Phi) is 4.38. The first-order valence-corrected chi connectivity index (χ1v) is 5.02. The van der Waals surface area contributed by atoms with E-state index in [0.29, 0.717) is 6.04 Å². The third-order valence-electron chi connectivity index (χ3n) is 2.87. The van der Waals surface area contributed by atoms with Crippen LogP contribution in [0.2, 0.25) is 0 Å². The second kappa shape index (κ2) is 5.34. The maximum Gasteiger partial charge on any atom is 0.0916 e. The molecule has 0 saturated heterocycles. The number of hydrogen-bond donors (Lipinski definition) is 3. The van der Waals surface area contributed by atoms with Gasteiger partial charge in [-0.1, -0.05) is 0 Å². The summed E-state index contributed by atoms with van der Waals surface area (Å²) in [5, 5.41) is 9.74. The van der Waals surface area contributed by atoms with E-state index in [0.717, 1.165) is 6.42 Å². The predicted molar refractivity (Wildman–Crippen MR) is 58.3 cm³/mol. The molecule has 0 amide bonds. The van der Waals surface area contributed by atoms with Gasteiger partial charge in [-0.05, 0) is 20.2 Å². The van der Waals surface area contributed by atoms with Gasteiger partial charge in [0.2, 0.25) is 0 Å². The summed E-state index contributed by atoms with van der Waals surface area (Å²) in [5.41, 5.74) is 1.26. The van der Waals surface area contributed by atoms with Crippen molar-refractivity contribution in [3.63, 3.8) is 0 Å². The molecule has 3 unspecified atom stereocenters. The SMILES string of the molecule is CNC1=CC(NC)C(OC)C(NC)C1. The Bertz CT molecular complexity index is 206. The first-order chi connectivity index (χ1) is 6.76. The third-order valence-corrected chi connectivity index (χ3v) is 2.87. The fraction of sp³-hybridized carbons (Fsp3) is 0.800. The quantitative estimate of drug-likeness (QED) is 0.581. The van der Waals surface area contributed by atoms with Crippen LogP contribution in [0, 0.1) is 0 Å². The van der Waals surface area contributed by atoms with Gasteiger partial charge in [0.15, 0.2) is 0 Å². The maximum absolute atomic E-state index is 5.49. The number of ether oxygens (including phenoxy) is 1. The Balaban J connectivity index is 2.78. The Morgan fingerprint density at radius 3 is 2.43 bits per heavy atom. The molecule has 0 fully saturated rings.